The lowest BCUT2D eigenvalue weighted by Gasteiger charge is -2.32. The van der Waals surface area contributed by atoms with Crippen LogP contribution in [0.2, 0.25) is 5.02 Å². The number of likely N-dealkylation sites (tertiary alicyclic amines) is 1. The molecule has 0 aliphatic carbocycles. The molecule has 1 aliphatic heterocycles. The molecule has 0 saturated carbocycles. The number of halogens is 1. The maximum Gasteiger partial charge on any atom is 0.317 e. The number of nitrogens with zero attached hydrogens (tertiary/aromatic N) is 1. The summed E-state index contributed by atoms with van der Waals surface area (Å²) >= 11 is 5.91. The summed E-state index contributed by atoms with van der Waals surface area (Å²) in [6.07, 6.45) is 1.77. The van der Waals surface area contributed by atoms with Crippen LogP contribution in [0, 0.1) is 5.92 Å². The third-order valence-corrected chi connectivity index (χ3v) is 3.97. The van der Waals surface area contributed by atoms with E-state index in [1.807, 2.05) is 19.1 Å². The molecule has 2 unspecified atom stereocenters. The number of piperidine rings is 1. The van der Waals surface area contributed by atoms with Crippen LogP contribution >= 0.6 is 11.6 Å². The highest BCUT2D eigenvalue weighted by Crippen LogP contribution is 2.18. The largest absolute Gasteiger partial charge is 0.489 e. The second-order valence-corrected chi connectivity index (χ2v) is 6.15. The molecule has 2 atom stereocenters. The number of carbonyl (C=O) groups is 1. The highest BCUT2D eigenvalue weighted by atomic mass is 35.5. The first-order valence-corrected chi connectivity index (χ1v) is 8.02. The van der Waals surface area contributed by atoms with E-state index in [2.05, 4.69) is 5.32 Å². The molecule has 1 aliphatic rings. The lowest BCUT2D eigenvalue weighted by molar-refractivity contribution is 0.126. The first kappa shape index (κ1) is 16.9. The Balaban J connectivity index is 1.75. The molecule has 1 aromatic carbocycles. The summed E-state index contributed by atoms with van der Waals surface area (Å²) in [5.41, 5.74) is 0. The van der Waals surface area contributed by atoms with E-state index in [9.17, 15) is 9.90 Å². The van der Waals surface area contributed by atoms with Crippen LogP contribution in [-0.2, 0) is 0 Å². The fraction of sp³-hybridized carbons (Fsp3) is 0.562. The Kier molecular flexibility index (Phi) is 6.34. The van der Waals surface area contributed by atoms with Crippen molar-refractivity contribution in [1.82, 2.24) is 10.2 Å². The Hall–Kier alpha value is -1.46. The highest BCUT2D eigenvalue weighted by Gasteiger charge is 2.23. The zero-order chi connectivity index (χ0) is 15.9. The van der Waals surface area contributed by atoms with Crippen molar-refractivity contribution in [3.05, 3.63) is 29.3 Å². The molecular weight excluding hydrogens is 304 g/mol. The molecule has 1 saturated heterocycles. The second-order valence-electron chi connectivity index (χ2n) is 5.71. The number of aliphatic hydroxyl groups excluding tert-OH is 1. The number of aliphatic hydroxyl groups is 1. The van der Waals surface area contributed by atoms with E-state index in [1.54, 1.807) is 17.0 Å². The number of hydrogen-bond donors (Lipinski definition) is 2. The van der Waals surface area contributed by atoms with E-state index in [4.69, 9.17) is 16.3 Å². The van der Waals surface area contributed by atoms with E-state index < -0.39 is 0 Å². The van der Waals surface area contributed by atoms with E-state index in [1.165, 1.54) is 0 Å². The SMILES string of the molecule is CC(CNC(=O)N1CCCC(CO)C1)Oc1cccc(Cl)c1. The fourth-order valence-electron chi connectivity index (χ4n) is 2.56. The normalized spacial score (nSPS) is 19.6. The average molecular weight is 327 g/mol. The molecule has 1 aromatic rings. The van der Waals surface area contributed by atoms with Crippen molar-refractivity contribution in [1.29, 1.82) is 0 Å². The molecule has 0 aromatic heterocycles. The topological polar surface area (TPSA) is 61.8 Å². The zero-order valence-corrected chi connectivity index (χ0v) is 13.6. The number of rotatable bonds is 5. The Morgan fingerprint density at radius 2 is 2.41 bits per heavy atom. The summed E-state index contributed by atoms with van der Waals surface area (Å²) in [7, 11) is 0. The number of carbonyl (C=O) groups excluding carboxylic acids is 1. The van der Waals surface area contributed by atoms with Crippen LogP contribution < -0.4 is 10.1 Å². The molecule has 6 heteroatoms. The maximum atomic E-state index is 12.1. The molecule has 2 amide bonds. The van der Waals surface area contributed by atoms with Gasteiger partial charge >= 0.3 is 6.03 Å². The van der Waals surface area contributed by atoms with Crippen molar-refractivity contribution in [2.45, 2.75) is 25.9 Å². The Morgan fingerprint density at radius 1 is 1.59 bits per heavy atom. The van der Waals surface area contributed by atoms with Gasteiger partial charge in [0.05, 0.1) is 6.54 Å². The van der Waals surface area contributed by atoms with E-state index in [-0.39, 0.29) is 24.7 Å². The molecule has 1 heterocycles. The maximum absolute atomic E-state index is 12.1. The quantitative estimate of drug-likeness (QED) is 0.874. The van der Waals surface area contributed by atoms with Crippen LogP contribution in [0.5, 0.6) is 5.75 Å². The van der Waals surface area contributed by atoms with E-state index in [0.717, 1.165) is 19.4 Å². The predicted molar refractivity (Wildman–Crippen MR) is 86.3 cm³/mol. The van der Waals surface area contributed by atoms with Crippen molar-refractivity contribution < 1.29 is 14.6 Å². The van der Waals surface area contributed by atoms with Gasteiger partial charge in [0.15, 0.2) is 0 Å². The highest BCUT2D eigenvalue weighted by molar-refractivity contribution is 6.30. The van der Waals surface area contributed by atoms with Gasteiger partial charge in [-0.1, -0.05) is 17.7 Å². The standard InChI is InChI=1S/C16H23ClN2O3/c1-12(22-15-6-2-5-14(17)8-15)9-18-16(21)19-7-3-4-13(10-19)11-20/h2,5-6,8,12-13,20H,3-4,7,9-11H2,1H3,(H,18,21). The first-order chi connectivity index (χ1) is 10.6. The van der Waals surface area contributed by atoms with Crippen molar-refractivity contribution in [3.8, 4) is 5.75 Å². The number of amides is 2. The number of urea groups is 1. The molecule has 2 rings (SSSR count). The molecule has 1 fully saturated rings. The van der Waals surface area contributed by atoms with Crippen LogP contribution in [0.3, 0.4) is 0 Å². The summed E-state index contributed by atoms with van der Waals surface area (Å²) in [6.45, 7) is 3.81. The summed E-state index contributed by atoms with van der Waals surface area (Å²) in [5.74, 6) is 0.882. The minimum atomic E-state index is -0.152. The number of benzene rings is 1. The molecule has 122 valence electrons. The Morgan fingerprint density at radius 3 is 3.14 bits per heavy atom. The van der Waals surface area contributed by atoms with E-state index in [0.29, 0.717) is 23.9 Å². The monoisotopic (exact) mass is 326 g/mol. The molecule has 0 spiro atoms. The molecule has 22 heavy (non-hydrogen) atoms. The molecule has 0 bridgehead atoms. The van der Waals surface area contributed by atoms with Gasteiger partial charge in [-0.25, -0.2) is 4.79 Å². The molecule has 5 nitrogen and oxygen atoms in total. The minimum absolute atomic E-state index is 0.0975. The fourth-order valence-corrected chi connectivity index (χ4v) is 2.74. The summed E-state index contributed by atoms with van der Waals surface area (Å²) in [4.78, 5) is 13.9. The van der Waals surface area contributed by atoms with Gasteiger partial charge in [0.2, 0.25) is 0 Å². The number of ether oxygens (including phenoxy) is 1. The third kappa shape index (κ3) is 5.07. The third-order valence-electron chi connectivity index (χ3n) is 3.74. The Labute approximate surface area is 136 Å². The first-order valence-electron chi connectivity index (χ1n) is 7.64. The van der Waals surface area contributed by atoms with Gasteiger partial charge < -0.3 is 20.1 Å². The summed E-state index contributed by atoms with van der Waals surface area (Å²) < 4.78 is 5.72. The van der Waals surface area contributed by atoms with Crippen molar-refractivity contribution in [2.24, 2.45) is 5.92 Å². The van der Waals surface area contributed by atoms with Gasteiger partial charge in [-0.2, -0.15) is 0 Å². The second kappa shape index (κ2) is 8.25. The summed E-state index contributed by atoms with van der Waals surface area (Å²) in [5, 5.41) is 12.7. The smallest absolute Gasteiger partial charge is 0.317 e. The van der Waals surface area contributed by atoms with Gasteiger partial charge in [0.1, 0.15) is 11.9 Å². The van der Waals surface area contributed by atoms with E-state index >= 15 is 0 Å². The van der Waals surface area contributed by atoms with Crippen LogP contribution in [0.15, 0.2) is 24.3 Å². The van der Waals surface area contributed by atoms with Crippen LogP contribution in [0.4, 0.5) is 4.79 Å². The van der Waals surface area contributed by atoms with Gasteiger partial charge in [-0.05, 0) is 43.9 Å². The van der Waals surface area contributed by atoms with Crippen molar-refractivity contribution >= 4 is 17.6 Å². The Bertz CT molecular complexity index is 498. The average Bonchev–Trinajstić information content (AvgIpc) is 2.52. The van der Waals surface area contributed by atoms with Crippen LogP contribution in [0.1, 0.15) is 19.8 Å². The molecule has 2 N–H and O–H groups in total. The summed E-state index contributed by atoms with van der Waals surface area (Å²) in [6, 6.07) is 7.09. The van der Waals surface area contributed by atoms with Gasteiger partial charge in [0.25, 0.3) is 0 Å². The lowest BCUT2D eigenvalue weighted by atomic mass is 9.99. The van der Waals surface area contributed by atoms with Gasteiger partial charge in [-0.15, -0.1) is 0 Å². The van der Waals surface area contributed by atoms with Crippen molar-refractivity contribution in [2.75, 3.05) is 26.2 Å². The van der Waals surface area contributed by atoms with Crippen LogP contribution in [0.25, 0.3) is 0 Å². The molecular formula is C16H23ClN2O3. The minimum Gasteiger partial charge on any atom is -0.489 e. The van der Waals surface area contributed by atoms with Gasteiger partial charge in [0, 0.05) is 24.7 Å². The van der Waals surface area contributed by atoms with Crippen LogP contribution in [-0.4, -0.2) is 48.4 Å². The number of hydrogen-bond acceptors (Lipinski definition) is 3. The lowest BCUT2D eigenvalue weighted by Crippen LogP contribution is -2.48. The molecule has 0 radical (unpaired) electrons. The predicted octanol–water partition coefficient (Wildman–Crippen LogP) is 2.52. The number of nitrogens with one attached hydrogen (secondary N) is 1. The van der Waals surface area contributed by atoms with Crippen molar-refractivity contribution in [3.63, 3.8) is 0 Å². The zero-order valence-electron chi connectivity index (χ0n) is 12.8. The van der Waals surface area contributed by atoms with Gasteiger partial charge in [-0.3, -0.25) is 0 Å².